The number of halogens is 3. The van der Waals surface area contributed by atoms with Gasteiger partial charge >= 0.3 is 17.6 Å². The average Bonchev–Trinajstić information content (AvgIpc) is 2.49. The molecule has 1 aromatic rings. The van der Waals surface area contributed by atoms with E-state index in [-0.39, 0.29) is 12.2 Å². The summed E-state index contributed by atoms with van der Waals surface area (Å²) in [5.74, 6) is -0.652. The van der Waals surface area contributed by atoms with Crippen LogP contribution in [-0.4, -0.2) is 34.8 Å². The lowest BCUT2D eigenvalue weighted by atomic mass is 10.1. The number of amides is 1. The molecule has 10 heteroatoms. The Hall–Kier alpha value is -2.10. The summed E-state index contributed by atoms with van der Waals surface area (Å²) >= 11 is -0.616. The fraction of sp³-hybridized carbons (Fsp3) is 0.579. The fourth-order valence-corrected chi connectivity index (χ4v) is 2.33. The van der Waals surface area contributed by atoms with E-state index in [2.05, 4.69) is 9.50 Å². The van der Waals surface area contributed by atoms with Gasteiger partial charge in [0.15, 0.2) is 12.0 Å². The maximum atomic E-state index is 12.5. The van der Waals surface area contributed by atoms with Crippen LogP contribution in [0.4, 0.5) is 18.0 Å². The quantitative estimate of drug-likeness (QED) is 0.498. The summed E-state index contributed by atoms with van der Waals surface area (Å²) in [6.45, 7) is 10.1. The zero-order chi connectivity index (χ0) is 22.5. The molecule has 0 spiro atoms. The Morgan fingerprint density at radius 1 is 0.966 bits per heavy atom. The van der Waals surface area contributed by atoms with Gasteiger partial charge in [-0.15, -0.1) is 0 Å². The number of alkyl halides is 3. The summed E-state index contributed by atoms with van der Waals surface area (Å²) in [7, 11) is 0. The number of nitrogens with one attached hydrogen (secondary N) is 1. The number of ether oxygens (including phenoxy) is 2. The monoisotopic (exact) mass is 437 g/mol. The van der Waals surface area contributed by atoms with Gasteiger partial charge in [-0.1, -0.05) is 12.1 Å². The van der Waals surface area contributed by atoms with E-state index in [0.717, 1.165) is 0 Å². The summed E-state index contributed by atoms with van der Waals surface area (Å²) in [4.78, 5) is 24.6. The Labute approximate surface area is 172 Å². The van der Waals surface area contributed by atoms with Gasteiger partial charge < -0.3 is 19.0 Å². The molecule has 0 aliphatic heterocycles. The van der Waals surface area contributed by atoms with Crippen molar-refractivity contribution >= 4 is 24.1 Å². The van der Waals surface area contributed by atoms with Crippen molar-refractivity contribution in [1.29, 1.82) is 0 Å². The van der Waals surface area contributed by atoms with Gasteiger partial charge in [0.25, 0.3) is 0 Å². The highest BCUT2D eigenvalue weighted by molar-refractivity contribution is 7.95. The highest BCUT2D eigenvalue weighted by atomic mass is 32.2. The minimum atomic E-state index is -4.52. The van der Waals surface area contributed by atoms with Crippen LogP contribution < -0.4 is 9.50 Å². The van der Waals surface area contributed by atoms with Gasteiger partial charge in [-0.2, -0.15) is 13.2 Å². The Balaban J connectivity index is 2.87. The van der Waals surface area contributed by atoms with Gasteiger partial charge in [0.2, 0.25) is 0 Å². The number of esters is 1. The predicted molar refractivity (Wildman–Crippen MR) is 103 cm³/mol. The van der Waals surface area contributed by atoms with Gasteiger partial charge in [-0.25, -0.2) is 9.59 Å². The predicted octanol–water partition coefficient (Wildman–Crippen LogP) is 5.01. The summed E-state index contributed by atoms with van der Waals surface area (Å²) in [5.41, 5.74) is -5.45. The molecule has 1 rings (SSSR count). The number of carbonyl (C=O) groups excluding carboxylic acids is 2. The molecule has 164 valence electrons. The standard InChI is InChI=1S/C19H26F3NO5S/c1-17(2,3)26-15(24)14(23-16(25)27-18(4,5)6)11-12-7-9-13(10-8-12)28-29-19(20,21)22/h7-10,14H,11H2,1-6H3,(H,23,25). The first kappa shape index (κ1) is 24.9. The van der Waals surface area contributed by atoms with Gasteiger partial charge in [0, 0.05) is 6.42 Å². The van der Waals surface area contributed by atoms with Crippen LogP contribution in [0.1, 0.15) is 47.1 Å². The third-order valence-corrected chi connectivity index (χ3v) is 3.44. The Kier molecular flexibility index (Phi) is 8.25. The Morgan fingerprint density at radius 3 is 1.93 bits per heavy atom. The van der Waals surface area contributed by atoms with Crippen molar-refractivity contribution < 1.29 is 36.4 Å². The topological polar surface area (TPSA) is 73.9 Å². The molecule has 1 N–H and O–H groups in total. The lowest BCUT2D eigenvalue weighted by molar-refractivity contribution is -0.157. The van der Waals surface area contributed by atoms with Gasteiger partial charge in [0.1, 0.15) is 23.0 Å². The van der Waals surface area contributed by atoms with E-state index >= 15 is 0 Å². The van der Waals surface area contributed by atoms with E-state index in [0.29, 0.717) is 5.56 Å². The number of benzene rings is 1. The average molecular weight is 437 g/mol. The molecule has 1 atom stereocenters. The highest BCUT2D eigenvalue weighted by Gasteiger charge is 2.32. The van der Waals surface area contributed by atoms with E-state index < -0.39 is 46.9 Å². The molecule has 0 aliphatic rings. The molecule has 0 saturated heterocycles. The van der Waals surface area contributed by atoms with Crippen LogP contribution in [0.3, 0.4) is 0 Å². The van der Waals surface area contributed by atoms with Crippen LogP contribution in [0.2, 0.25) is 0 Å². The normalized spacial score (nSPS) is 13.4. The van der Waals surface area contributed by atoms with Crippen LogP contribution in [0.15, 0.2) is 24.3 Å². The molecular formula is C19H26F3NO5S. The summed E-state index contributed by atoms with van der Waals surface area (Å²) < 4.78 is 51.7. The zero-order valence-electron chi connectivity index (χ0n) is 17.2. The first-order chi connectivity index (χ1) is 13.0. The van der Waals surface area contributed by atoms with Crippen molar-refractivity contribution in [2.45, 2.75) is 70.7 Å². The lowest BCUT2D eigenvalue weighted by Gasteiger charge is -2.26. The molecule has 1 unspecified atom stereocenters. The molecule has 29 heavy (non-hydrogen) atoms. The van der Waals surface area contributed by atoms with Crippen LogP contribution in [0.5, 0.6) is 5.75 Å². The molecule has 1 aromatic carbocycles. The second-order valence-electron chi connectivity index (χ2n) is 8.19. The Morgan fingerprint density at radius 2 is 1.48 bits per heavy atom. The third-order valence-electron chi connectivity index (χ3n) is 2.98. The van der Waals surface area contributed by atoms with Crippen molar-refractivity contribution in [3.63, 3.8) is 0 Å². The molecule has 0 saturated carbocycles. The van der Waals surface area contributed by atoms with Crippen molar-refractivity contribution in [1.82, 2.24) is 5.32 Å². The minimum Gasteiger partial charge on any atom is -0.458 e. The van der Waals surface area contributed by atoms with E-state index in [9.17, 15) is 22.8 Å². The molecule has 0 heterocycles. The first-order valence-corrected chi connectivity index (χ1v) is 9.52. The molecule has 0 aliphatic carbocycles. The van der Waals surface area contributed by atoms with E-state index in [4.69, 9.17) is 9.47 Å². The van der Waals surface area contributed by atoms with Crippen molar-refractivity contribution in [3.05, 3.63) is 29.8 Å². The number of alkyl carbamates (subject to hydrolysis) is 1. The van der Waals surface area contributed by atoms with Gasteiger partial charge in [-0.3, -0.25) is 0 Å². The largest absolute Gasteiger partial charge is 0.479 e. The van der Waals surface area contributed by atoms with Crippen molar-refractivity contribution in [2.24, 2.45) is 0 Å². The summed E-state index contributed by atoms with van der Waals surface area (Å²) in [6, 6.07) is 4.64. The van der Waals surface area contributed by atoms with Crippen LogP contribution >= 0.6 is 12.0 Å². The molecule has 0 fully saturated rings. The van der Waals surface area contributed by atoms with Crippen molar-refractivity contribution in [3.8, 4) is 5.75 Å². The van der Waals surface area contributed by atoms with Gasteiger partial charge in [-0.05, 0) is 59.2 Å². The van der Waals surface area contributed by atoms with Crippen LogP contribution in [-0.2, 0) is 20.7 Å². The van der Waals surface area contributed by atoms with Crippen molar-refractivity contribution in [2.75, 3.05) is 0 Å². The number of rotatable bonds is 6. The fourth-order valence-electron chi connectivity index (χ4n) is 2.03. The van der Waals surface area contributed by atoms with E-state index in [1.807, 2.05) is 0 Å². The maximum absolute atomic E-state index is 12.5. The molecular weight excluding hydrogens is 411 g/mol. The molecule has 0 aromatic heterocycles. The smallest absolute Gasteiger partial charge is 0.458 e. The second kappa shape index (κ2) is 9.60. The third kappa shape index (κ3) is 11.5. The lowest BCUT2D eigenvalue weighted by Crippen LogP contribution is -2.47. The summed E-state index contributed by atoms with van der Waals surface area (Å²) in [5, 5.41) is 2.48. The number of hydrogen-bond donors (Lipinski definition) is 1. The van der Waals surface area contributed by atoms with Crippen LogP contribution in [0.25, 0.3) is 0 Å². The number of carbonyl (C=O) groups is 2. The second-order valence-corrected chi connectivity index (χ2v) is 8.99. The number of hydrogen-bond acceptors (Lipinski definition) is 6. The van der Waals surface area contributed by atoms with Crippen LogP contribution in [0, 0.1) is 0 Å². The maximum Gasteiger partial charge on any atom is 0.479 e. The SMILES string of the molecule is CC(C)(C)OC(=O)NC(Cc1ccc(OSC(F)(F)F)cc1)C(=O)OC(C)(C)C. The van der Waals surface area contributed by atoms with Gasteiger partial charge in [0.05, 0.1) is 0 Å². The summed E-state index contributed by atoms with van der Waals surface area (Å²) in [6.07, 6.45) is -0.726. The highest BCUT2D eigenvalue weighted by Crippen LogP contribution is 2.32. The first-order valence-electron chi connectivity index (χ1n) is 8.78. The zero-order valence-corrected chi connectivity index (χ0v) is 18.0. The van der Waals surface area contributed by atoms with E-state index in [1.165, 1.54) is 24.3 Å². The minimum absolute atomic E-state index is 0.00462. The Bertz CT molecular complexity index is 694. The molecule has 1 amide bonds. The molecule has 0 bridgehead atoms. The van der Waals surface area contributed by atoms with E-state index in [1.54, 1.807) is 41.5 Å². The molecule has 6 nitrogen and oxygen atoms in total. The molecule has 0 radical (unpaired) electrons.